The van der Waals surface area contributed by atoms with Gasteiger partial charge in [-0.1, -0.05) is 30.3 Å². The molecule has 0 heterocycles. The van der Waals surface area contributed by atoms with E-state index in [1.165, 1.54) is 0 Å². The average Bonchev–Trinajstić information content (AvgIpc) is 2.69. The number of rotatable bonds is 6. The molecule has 2 amide bonds. The number of amides is 2. The lowest BCUT2D eigenvalue weighted by molar-refractivity contribution is 0.117. The van der Waals surface area contributed by atoms with Gasteiger partial charge in [0.05, 0.1) is 12.2 Å². The van der Waals surface area contributed by atoms with Crippen molar-refractivity contribution in [2.24, 2.45) is 0 Å². The number of benzene rings is 2. The van der Waals surface area contributed by atoms with Crippen LogP contribution in [-0.4, -0.2) is 34.9 Å². The first-order chi connectivity index (χ1) is 13.1. The van der Waals surface area contributed by atoms with Gasteiger partial charge in [0.2, 0.25) is 0 Å². The van der Waals surface area contributed by atoms with Crippen LogP contribution in [0.1, 0.15) is 37.4 Å². The van der Waals surface area contributed by atoms with Crippen molar-refractivity contribution in [2.45, 2.75) is 43.9 Å². The van der Waals surface area contributed by atoms with E-state index in [0.29, 0.717) is 24.2 Å². The van der Waals surface area contributed by atoms with Crippen LogP contribution in [0.4, 0.5) is 4.79 Å². The molecular weight excluding hydrogens is 344 g/mol. The normalized spacial score (nSPS) is 20.5. The maximum atomic E-state index is 12.0. The van der Waals surface area contributed by atoms with Crippen LogP contribution in [0, 0.1) is 0 Å². The van der Waals surface area contributed by atoms with Crippen molar-refractivity contribution in [3.8, 4) is 11.5 Å². The second kappa shape index (κ2) is 9.39. The van der Waals surface area contributed by atoms with Gasteiger partial charge in [-0.25, -0.2) is 4.79 Å². The zero-order valence-electron chi connectivity index (χ0n) is 15.2. The van der Waals surface area contributed by atoms with Crippen molar-refractivity contribution in [1.29, 1.82) is 0 Å². The lowest BCUT2D eigenvalue weighted by Crippen LogP contribution is -2.45. The molecular formula is C21H26N2O4. The smallest absolute Gasteiger partial charge is 0.315 e. The molecule has 144 valence electrons. The fraction of sp³-hybridized carbons (Fsp3) is 0.381. The molecule has 1 fully saturated rings. The monoisotopic (exact) mass is 370 g/mol. The lowest BCUT2D eigenvalue weighted by Gasteiger charge is -2.26. The number of hydrogen-bond donors (Lipinski definition) is 4. The third-order valence-electron chi connectivity index (χ3n) is 4.71. The Morgan fingerprint density at radius 2 is 1.74 bits per heavy atom. The molecule has 0 unspecified atom stereocenters. The van der Waals surface area contributed by atoms with E-state index >= 15 is 0 Å². The van der Waals surface area contributed by atoms with Gasteiger partial charge in [0.15, 0.2) is 0 Å². The Bertz CT molecular complexity index is 730. The van der Waals surface area contributed by atoms with Crippen LogP contribution in [0.3, 0.4) is 0 Å². The molecule has 3 rings (SSSR count). The van der Waals surface area contributed by atoms with Crippen LogP contribution >= 0.6 is 0 Å². The molecule has 1 aliphatic carbocycles. The Hall–Kier alpha value is -2.57. The summed E-state index contributed by atoms with van der Waals surface area (Å²) in [5, 5.41) is 25.5. The van der Waals surface area contributed by atoms with E-state index in [4.69, 9.17) is 4.74 Å². The Kier molecular flexibility index (Phi) is 6.68. The molecule has 27 heavy (non-hydrogen) atoms. The number of para-hydroxylation sites is 1. The van der Waals surface area contributed by atoms with Crippen LogP contribution in [0.15, 0.2) is 54.6 Å². The first-order valence-corrected chi connectivity index (χ1v) is 9.33. The molecule has 6 heteroatoms. The summed E-state index contributed by atoms with van der Waals surface area (Å²) in [7, 11) is 0. The second-order valence-corrected chi connectivity index (χ2v) is 6.86. The standard InChI is InChI=1S/C21H26N2O4/c24-17-11-9-16(10-12-17)23-21(26)22-14-20(25)15-5-4-8-19(13-15)27-18-6-2-1-3-7-18/h1-8,13,16-17,20,24-25H,9-12,14H2,(H2,22,23,26)/t16?,17?,20-/m1/s1. The van der Waals surface area contributed by atoms with Gasteiger partial charge in [0, 0.05) is 12.6 Å². The van der Waals surface area contributed by atoms with Crippen LogP contribution in [-0.2, 0) is 0 Å². The summed E-state index contributed by atoms with van der Waals surface area (Å²) < 4.78 is 5.77. The molecule has 4 N–H and O–H groups in total. The summed E-state index contributed by atoms with van der Waals surface area (Å²) >= 11 is 0. The molecule has 0 spiro atoms. The van der Waals surface area contributed by atoms with Gasteiger partial charge in [0.1, 0.15) is 11.5 Å². The van der Waals surface area contributed by atoms with E-state index in [1.807, 2.05) is 42.5 Å². The van der Waals surface area contributed by atoms with Crippen molar-refractivity contribution in [3.05, 3.63) is 60.2 Å². The van der Waals surface area contributed by atoms with Gasteiger partial charge in [0.25, 0.3) is 0 Å². The lowest BCUT2D eigenvalue weighted by atomic mass is 9.93. The van der Waals surface area contributed by atoms with Crippen LogP contribution in [0.2, 0.25) is 0 Å². The Morgan fingerprint density at radius 1 is 1.04 bits per heavy atom. The minimum absolute atomic E-state index is 0.0770. The molecule has 2 aromatic carbocycles. The number of nitrogens with one attached hydrogen (secondary N) is 2. The predicted octanol–water partition coefficient (Wildman–Crippen LogP) is 3.12. The first kappa shape index (κ1) is 19.2. The third-order valence-corrected chi connectivity index (χ3v) is 4.71. The van der Waals surface area contributed by atoms with E-state index in [2.05, 4.69) is 10.6 Å². The summed E-state index contributed by atoms with van der Waals surface area (Å²) in [5.41, 5.74) is 0.671. The zero-order valence-corrected chi connectivity index (χ0v) is 15.2. The number of aliphatic hydroxyl groups is 2. The quantitative estimate of drug-likeness (QED) is 0.629. The average molecular weight is 370 g/mol. The summed E-state index contributed by atoms with van der Waals surface area (Å²) in [6.07, 6.45) is 1.89. The highest BCUT2D eigenvalue weighted by Crippen LogP contribution is 2.24. The molecule has 1 atom stereocenters. The third kappa shape index (κ3) is 5.98. The summed E-state index contributed by atoms with van der Waals surface area (Å²) in [4.78, 5) is 12.0. The molecule has 0 radical (unpaired) electrons. The highest BCUT2D eigenvalue weighted by atomic mass is 16.5. The number of carbonyl (C=O) groups is 1. The van der Waals surface area contributed by atoms with Crippen molar-refractivity contribution in [2.75, 3.05) is 6.54 Å². The largest absolute Gasteiger partial charge is 0.457 e. The van der Waals surface area contributed by atoms with Crippen molar-refractivity contribution in [1.82, 2.24) is 10.6 Å². The number of ether oxygens (including phenoxy) is 1. The summed E-state index contributed by atoms with van der Waals surface area (Å²) in [5.74, 6) is 1.35. The van der Waals surface area contributed by atoms with Gasteiger partial charge in [-0.3, -0.25) is 0 Å². The first-order valence-electron chi connectivity index (χ1n) is 9.33. The molecule has 0 bridgehead atoms. The highest BCUT2D eigenvalue weighted by molar-refractivity contribution is 5.74. The number of carbonyl (C=O) groups excluding carboxylic acids is 1. The molecule has 1 aliphatic rings. The van der Waals surface area contributed by atoms with E-state index in [1.54, 1.807) is 12.1 Å². The molecule has 0 aromatic heterocycles. The van der Waals surface area contributed by atoms with Crippen molar-refractivity contribution in [3.63, 3.8) is 0 Å². The van der Waals surface area contributed by atoms with E-state index in [0.717, 1.165) is 18.6 Å². The molecule has 6 nitrogen and oxygen atoms in total. The fourth-order valence-electron chi connectivity index (χ4n) is 3.17. The van der Waals surface area contributed by atoms with Gasteiger partial charge in [-0.05, 0) is 55.5 Å². The van der Waals surface area contributed by atoms with E-state index in [-0.39, 0.29) is 24.7 Å². The summed E-state index contributed by atoms with van der Waals surface area (Å²) in [6, 6.07) is 16.4. The van der Waals surface area contributed by atoms with E-state index in [9.17, 15) is 15.0 Å². The fourth-order valence-corrected chi connectivity index (χ4v) is 3.17. The van der Waals surface area contributed by atoms with Crippen LogP contribution in [0.5, 0.6) is 11.5 Å². The van der Waals surface area contributed by atoms with Crippen LogP contribution < -0.4 is 15.4 Å². The Labute approximate surface area is 159 Å². The predicted molar refractivity (Wildman–Crippen MR) is 103 cm³/mol. The van der Waals surface area contributed by atoms with Gasteiger partial charge in [-0.2, -0.15) is 0 Å². The Morgan fingerprint density at radius 3 is 2.48 bits per heavy atom. The number of hydrogen-bond acceptors (Lipinski definition) is 4. The zero-order chi connectivity index (χ0) is 19.1. The molecule has 0 saturated heterocycles. The Balaban J connectivity index is 1.48. The van der Waals surface area contributed by atoms with E-state index < -0.39 is 6.10 Å². The summed E-state index contributed by atoms with van der Waals surface area (Å²) in [6.45, 7) is 0.107. The van der Waals surface area contributed by atoms with Gasteiger partial charge < -0.3 is 25.6 Å². The maximum absolute atomic E-state index is 12.0. The maximum Gasteiger partial charge on any atom is 0.315 e. The topological polar surface area (TPSA) is 90.8 Å². The molecule has 1 saturated carbocycles. The minimum Gasteiger partial charge on any atom is -0.457 e. The van der Waals surface area contributed by atoms with Crippen molar-refractivity contribution >= 4 is 6.03 Å². The van der Waals surface area contributed by atoms with Crippen molar-refractivity contribution < 1.29 is 19.7 Å². The van der Waals surface area contributed by atoms with Gasteiger partial charge in [-0.15, -0.1) is 0 Å². The number of urea groups is 1. The molecule has 2 aromatic rings. The SMILES string of the molecule is O=C(NC[C@@H](O)c1cccc(Oc2ccccc2)c1)NC1CCC(O)CC1. The highest BCUT2D eigenvalue weighted by Gasteiger charge is 2.21. The minimum atomic E-state index is -0.830. The van der Waals surface area contributed by atoms with Crippen LogP contribution in [0.25, 0.3) is 0 Å². The van der Waals surface area contributed by atoms with Gasteiger partial charge >= 0.3 is 6.03 Å². The second-order valence-electron chi connectivity index (χ2n) is 6.86. The number of aliphatic hydroxyl groups excluding tert-OH is 2. The molecule has 0 aliphatic heterocycles.